The lowest BCUT2D eigenvalue weighted by atomic mass is 10.2. The van der Waals surface area contributed by atoms with Gasteiger partial charge in [-0.2, -0.15) is 0 Å². The zero-order valence-corrected chi connectivity index (χ0v) is 11.9. The first-order valence-electron chi connectivity index (χ1n) is 6.02. The Balaban J connectivity index is 1.78. The normalized spacial score (nSPS) is 18.6. The van der Waals surface area contributed by atoms with Crippen LogP contribution in [-0.2, 0) is 4.74 Å². The van der Waals surface area contributed by atoms with Gasteiger partial charge in [-0.05, 0) is 35.0 Å². The number of halogens is 1. The van der Waals surface area contributed by atoms with Crippen molar-refractivity contribution in [3.63, 3.8) is 0 Å². The molecule has 1 aliphatic heterocycles. The highest BCUT2D eigenvalue weighted by Crippen LogP contribution is 2.13. The lowest BCUT2D eigenvalue weighted by Crippen LogP contribution is -2.47. The highest BCUT2D eigenvalue weighted by Gasteiger charge is 2.18. The Morgan fingerprint density at radius 2 is 2.22 bits per heavy atom. The number of carbonyl (C=O) groups excluding carboxylic acids is 1. The van der Waals surface area contributed by atoms with E-state index in [9.17, 15) is 4.79 Å². The van der Waals surface area contributed by atoms with Crippen LogP contribution in [-0.4, -0.2) is 49.7 Å². The number of nitrogens with one attached hydrogen (secondary N) is 1. The van der Waals surface area contributed by atoms with Gasteiger partial charge in [0.25, 0.3) is 5.91 Å². The smallest absolute Gasteiger partial charge is 0.287 e. The highest BCUT2D eigenvalue weighted by molar-refractivity contribution is 9.10. The van der Waals surface area contributed by atoms with Gasteiger partial charge in [0.2, 0.25) is 0 Å². The second kappa shape index (κ2) is 6.36. The molecule has 0 radical (unpaired) electrons. The average molecular weight is 317 g/mol. The van der Waals surface area contributed by atoms with E-state index in [0.717, 1.165) is 26.3 Å². The van der Waals surface area contributed by atoms with Crippen molar-refractivity contribution in [3.05, 3.63) is 22.6 Å². The molecule has 0 spiro atoms. The van der Waals surface area contributed by atoms with Gasteiger partial charge in [0, 0.05) is 25.7 Å². The fourth-order valence-corrected chi connectivity index (χ4v) is 2.22. The third-order valence-electron chi connectivity index (χ3n) is 3.02. The molecule has 100 valence electrons. The molecular formula is C12H17BrN2O3. The molecule has 0 saturated carbocycles. The molecule has 1 aromatic heterocycles. The molecule has 1 aliphatic rings. The Morgan fingerprint density at radius 1 is 1.50 bits per heavy atom. The quantitative estimate of drug-likeness (QED) is 0.914. The molecule has 1 aromatic rings. The molecule has 6 heteroatoms. The van der Waals surface area contributed by atoms with E-state index >= 15 is 0 Å². The molecule has 1 atom stereocenters. The molecule has 2 rings (SSSR count). The van der Waals surface area contributed by atoms with Crippen LogP contribution < -0.4 is 5.32 Å². The number of hydrogen-bond donors (Lipinski definition) is 1. The van der Waals surface area contributed by atoms with E-state index in [4.69, 9.17) is 9.15 Å². The van der Waals surface area contributed by atoms with Crippen molar-refractivity contribution in [3.8, 4) is 0 Å². The molecule has 1 amide bonds. The largest absolute Gasteiger partial charge is 0.444 e. The third-order valence-corrected chi connectivity index (χ3v) is 3.45. The van der Waals surface area contributed by atoms with Gasteiger partial charge in [-0.25, -0.2) is 0 Å². The minimum absolute atomic E-state index is 0.180. The van der Waals surface area contributed by atoms with Crippen LogP contribution in [0.2, 0.25) is 0 Å². The van der Waals surface area contributed by atoms with Crippen molar-refractivity contribution in [2.75, 3.05) is 32.8 Å². The average Bonchev–Trinajstić information content (AvgIpc) is 2.83. The number of morpholine rings is 1. The summed E-state index contributed by atoms with van der Waals surface area (Å²) in [4.78, 5) is 14.1. The van der Waals surface area contributed by atoms with Crippen molar-refractivity contribution >= 4 is 21.8 Å². The Kier molecular flexibility index (Phi) is 4.79. The molecule has 1 unspecified atom stereocenters. The number of rotatable bonds is 4. The van der Waals surface area contributed by atoms with E-state index in [0.29, 0.717) is 23.0 Å². The Labute approximate surface area is 115 Å². The molecule has 1 saturated heterocycles. The molecule has 2 heterocycles. The van der Waals surface area contributed by atoms with Crippen LogP contribution in [0.3, 0.4) is 0 Å². The van der Waals surface area contributed by atoms with Gasteiger partial charge in [-0.1, -0.05) is 0 Å². The summed E-state index contributed by atoms with van der Waals surface area (Å²) in [6.45, 7) is 6.08. The van der Waals surface area contributed by atoms with Gasteiger partial charge in [0.15, 0.2) is 10.4 Å². The van der Waals surface area contributed by atoms with Crippen LogP contribution in [0, 0.1) is 0 Å². The summed E-state index contributed by atoms with van der Waals surface area (Å²) in [5.41, 5.74) is 0. The van der Waals surface area contributed by atoms with Gasteiger partial charge in [-0.15, -0.1) is 0 Å². The number of carbonyl (C=O) groups is 1. The van der Waals surface area contributed by atoms with Crippen molar-refractivity contribution < 1.29 is 13.9 Å². The van der Waals surface area contributed by atoms with E-state index in [2.05, 4.69) is 33.1 Å². The fourth-order valence-electron chi connectivity index (χ4n) is 1.91. The predicted octanol–water partition coefficient (Wildman–Crippen LogP) is 1.49. The van der Waals surface area contributed by atoms with E-state index in [1.165, 1.54) is 0 Å². The van der Waals surface area contributed by atoms with Crippen molar-refractivity contribution in [1.29, 1.82) is 0 Å². The van der Waals surface area contributed by atoms with Crippen LogP contribution in [0.5, 0.6) is 0 Å². The Hall–Kier alpha value is -0.850. The second-order valence-electron chi connectivity index (χ2n) is 4.31. The number of furan rings is 1. The van der Waals surface area contributed by atoms with Gasteiger partial charge < -0.3 is 14.5 Å². The first kappa shape index (κ1) is 13.6. The summed E-state index contributed by atoms with van der Waals surface area (Å²) in [6.07, 6.45) is 0. The van der Waals surface area contributed by atoms with E-state index in [1.54, 1.807) is 12.1 Å². The van der Waals surface area contributed by atoms with Gasteiger partial charge >= 0.3 is 0 Å². The maximum atomic E-state index is 11.8. The van der Waals surface area contributed by atoms with E-state index < -0.39 is 0 Å². The van der Waals surface area contributed by atoms with Crippen LogP contribution in [0.1, 0.15) is 17.5 Å². The van der Waals surface area contributed by atoms with E-state index in [-0.39, 0.29) is 5.91 Å². The van der Waals surface area contributed by atoms with Gasteiger partial charge in [0.1, 0.15) is 0 Å². The summed E-state index contributed by atoms with van der Waals surface area (Å²) in [7, 11) is 0. The highest BCUT2D eigenvalue weighted by atomic mass is 79.9. The Bertz CT molecular complexity index is 402. The maximum Gasteiger partial charge on any atom is 0.287 e. The number of amides is 1. The Morgan fingerprint density at radius 3 is 2.83 bits per heavy atom. The van der Waals surface area contributed by atoms with Crippen LogP contribution in [0.4, 0.5) is 0 Å². The number of nitrogens with zero attached hydrogens (tertiary/aromatic N) is 1. The zero-order chi connectivity index (χ0) is 13.0. The summed E-state index contributed by atoms with van der Waals surface area (Å²) in [5.74, 6) is 0.150. The van der Waals surface area contributed by atoms with Crippen molar-refractivity contribution in [2.24, 2.45) is 0 Å². The van der Waals surface area contributed by atoms with E-state index in [1.807, 2.05) is 0 Å². The molecule has 0 bridgehead atoms. The third kappa shape index (κ3) is 3.57. The topological polar surface area (TPSA) is 54.7 Å². The summed E-state index contributed by atoms with van der Waals surface area (Å²) in [5, 5.41) is 2.87. The molecule has 18 heavy (non-hydrogen) atoms. The lowest BCUT2D eigenvalue weighted by Gasteiger charge is -2.32. The molecule has 5 nitrogen and oxygen atoms in total. The molecule has 0 aromatic carbocycles. The van der Waals surface area contributed by atoms with Crippen LogP contribution >= 0.6 is 15.9 Å². The van der Waals surface area contributed by atoms with Gasteiger partial charge in [-0.3, -0.25) is 9.69 Å². The summed E-state index contributed by atoms with van der Waals surface area (Å²) >= 11 is 3.17. The van der Waals surface area contributed by atoms with Crippen LogP contribution in [0.25, 0.3) is 0 Å². The lowest BCUT2D eigenvalue weighted by molar-refractivity contribution is 0.0203. The number of hydrogen-bond acceptors (Lipinski definition) is 4. The second-order valence-corrected chi connectivity index (χ2v) is 5.09. The molecule has 1 fully saturated rings. The standard InChI is InChI=1S/C12H17BrN2O3/c1-9(15-4-6-17-7-5-15)8-14-12(16)10-2-3-11(13)18-10/h2-3,9H,4-8H2,1H3,(H,14,16). The maximum absolute atomic E-state index is 11.8. The minimum Gasteiger partial charge on any atom is -0.444 e. The summed E-state index contributed by atoms with van der Waals surface area (Å²) in [6, 6.07) is 3.66. The first-order chi connectivity index (χ1) is 8.66. The zero-order valence-electron chi connectivity index (χ0n) is 10.3. The van der Waals surface area contributed by atoms with Gasteiger partial charge in [0.05, 0.1) is 13.2 Å². The number of ether oxygens (including phenoxy) is 1. The minimum atomic E-state index is -0.180. The molecular weight excluding hydrogens is 300 g/mol. The molecule has 1 N–H and O–H groups in total. The van der Waals surface area contributed by atoms with Crippen LogP contribution in [0.15, 0.2) is 21.2 Å². The monoisotopic (exact) mass is 316 g/mol. The predicted molar refractivity (Wildman–Crippen MR) is 70.6 cm³/mol. The SMILES string of the molecule is CC(CNC(=O)c1ccc(Br)o1)N1CCOCC1. The van der Waals surface area contributed by atoms with Crippen molar-refractivity contribution in [2.45, 2.75) is 13.0 Å². The van der Waals surface area contributed by atoms with Crippen molar-refractivity contribution in [1.82, 2.24) is 10.2 Å². The first-order valence-corrected chi connectivity index (χ1v) is 6.81. The fraction of sp³-hybridized carbons (Fsp3) is 0.583. The molecule has 0 aliphatic carbocycles. The summed E-state index contributed by atoms with van der Waals surface area (Å²) < 4.78 is 11.1.